The lowest BCUT2D eigenvalue weighted by molar-refractivity contribution is -0.163. The average molecular weight is 924 g/mol. The van der Waals surface area contributed by atoms with Crippen LogP contribution >= 0.6 is 0 Å². The van der Waals surface area contributed by atoms with Gasteiger partial charge in [-0.15, -0.1) is 0 Å². The van der Waals surface area contributed by atoms with Gasteiger partial charge < -0.3 is 14.2 Å². The number of rotatable bonds is 53. The van der Waals surface area contributed by atoms with Crippen LogP contribution in [0, 0.1) is 0 Å². The van der Waals surface area contributed by atoms with Crippen LogP contribution in [-0.4, -0.2) is 37.9 Å². The molecule has 0 aliphatic rings. The Labute approximate surface area is 411 Å². The third-order valence-electron chi connectivity index (χ3n) is 12.5. The van der Waals surface area contributed by atoms with Crippen LogP contribution < -0.4 is 0 Å². The minimum absolute atomic E-state index is 0.0771. The molecule has 1 unspecified atom stereocenters. The summed E-state index contributed by atoms with van der Waals surface area (Å²) in [5.74, 6) is -0.408. The van der Waals surface area contributed by atoms with Gasteiger partial charge in [-0.1, -0.05) is 248 Å². The van der Waals surface area contributed by atoms with Crippen molar-refractivity contribution in [2.75, 3.05) is 19.8 Å². The van der Waals surface area contributed by atoms with Gasteiger partial charge in [-0.25, -0.2) is 0 Å². The van der Waals surface area contributed by atoms with E-state index in [4.69, 9.17) is 14.2 Å². The van der Waals surface area contributed by atoms with Crippen LogP contribution in [0.3, 0.4) is 0 Å². The fourth-order valence-electron chi connectivity index (χ4n) is 8.20. The molecule has 0 spiro atoms. The molecule has 0 rings (SSSR count). The quantitative estimate of drug-likeness (QED) is 0.0346. The predicted molar refractivity (Wildman–Crippen MR) is 288 cm³/mol. The highest BCUT2D eigenvalue weighted by Crippen LogP contribution is 2.15. The van der Waals surface area contributed by atoms with Gasteiger partial charge in [-0.05, 0) is 89.9 Å². The molecule has 5 heteroatoms. The number of ether oxygens (including phenoxy) is 3. The molecule has 0 aliphatic carbocycles. The van der Waals surface area contributed by atoms with Crippen LogP contribution in [0.15, 0.2) is 60.8 Å². The first-order chi connectivity index (χ1) is 32.6. The summed E-state index contributed by atoms with van der Waals surface area (Å²) in [6.07, 6.45) is 72.3. The molecule has 1 atom stereocenters. The molecule has 0 radical (unpaired) electrons. The van der Waals surface area contributed by atoms with E-state index in [1.807, 2.05) is 0 Å². The van der Waals surface area contributed by atoms with Crippen molar-refractivity contribution in [3.05, 3.63) is 60.8 Å². The predicted octanol–water partition coefficient (Wildman–Crippen LogP) is 19.7. The SMILES string of the molecule is CCCCC/C=C\C/C=C\C/C=C\CCCCCCCCC(=O)OCC(COCCCCCCCCCCCCCCCC)OC(=O)CCCCCCCCC/C=C\C/C=C\CCCCC. The minimum Gasteiger partial charge on any atom is -0.462 e. The van der Waals surface area contributed by atoms with Gasteiger partial charge in [0.25, 0.3) is 0 Å². The number of carbonyl (C=O) groups excluding carboxylic acids is 2. The maximum Gasteiger partial charge on any atom is 0.306 e. The molecule has 384 valence electrons. The van der Waals surface area contributed by atoms with Crippen molar-refractivity contribution in [1.82, 2.24) is 0 Å². The molecular formula is C61H110O5. The summed E-state index contributed by atoms with van der Waals surface area (Å²) in [6.45, 7) is 7.80. The van der Waals surface area contributed by atoms with E-state index in [2.05, 4.69) is 81.5 Å². The highest BCUT2D eigenvalue weighted by atomic mass is 16.6. The Morgan fingerprint density at radius 3 is 1.05 bits per heavy atom. The molecule has 0 heterocycles. The van der Waals surface area contributed by atoms with Crippen LogP contribution in [0.25, 0.3) is 0 Å². The molecule has 0 aromatic heterocycles. The Balaban J connectivity index is 4.28. The summed E-state index contributed by atoms with van der Waals surface area (Å²) in [7, 11) is 0. The maximum absolute atomic E-state index is 12.9. The summed E-state index contributed by atoms with van der Waals surface area (Å²) >= 11 is 0. The zero-order valence-corrected chi connectivity index (χ0v) is 44.2. The first-order valence-corrected chi connectivity index (χ1v) is 28.8. The molecule has 0 aromatic rings. The Morgan fingerprint density at radius 2 is 0.636 bits per heavy atom. The number of carbonyl (C=O) groups is 2. The van der Waals surface area contributed by atoms with E-state index in [0.717, 1.165) is 77.0 Å². The lowest BCUT2D eigenvalue weighted by atomic mass is 10.0. The Bertz CT molecular complexity index is 1130. The van der Waals surface area contributed by atoms with Gasteiger partial charge in [0.2, 0.25) is 0 Å². The second-order valence-electron chi connectivity index (χ2n) is 19.2. The van der Waals surface area contributed by atoms with Crippen LogP contribution in [0.4, 0.5) is 0 Å². The molecule has 5 nitrogen and oxygen atoms in total. The van der Waals surface area contributed by atoms with Crippen molar-refractivity contribution in [3.8, 4) is 0 Å². The summed E-state index contributed by atoms with van der Waals surface area (Å²) in [5.41, 5.74) is 0. The first-order valence-electron chi connectivity index (χ1n) is 28.8. The molecule has 0 saturated heterocycles. The number of esters is 2. The largest absolute Gasteiger partial charge is 0.462 e. The number of hydrogen-bond acceptors (Lipinski definition) is 5. The summed E-state index contributed by atoms with van der Waals surface area (Å²) < 4.78 is 17.5. The van der Waals surface area contributed by atoms with Crippen LogP contribution in [-0.2, 0) is 23.8 Å². The standard InChI is InChI=1S/C61H110O5/c1-4-7-10-13-16-19-22-25-28-30-31-33-34-36-39-42-45-48-51-54-60(62)65-58-59(57-64-56-53-50-47-44-41-38-27-24-21-18-15-12-9-6-3)66-61(63)55-52-49-46-43-40-37-35-32-29-26-23-20-17-14-11-8-5-2/h16-17,19-20,25-26,28-29,31,33,59H,4-15,18,21-24,27,30,32,34-58H2,1-3H3/b19-16-,20-17-,28-25-,29-26-,33-31-. The second-order valence-corrected chi connectivity index (χ2v) is 19.2. The second kappa shape index (κ2) is 56.9. The van der Waals surface area contributed by atoms with E-state index in [9.17, 15) is 9.59 Å². The van der Waals surface area contributed by atoms with Crippen molar-refractivity contribution < 1.29 is 23.8 Å². The fraction of sp³-hybridized carbons (Fsp3) is 0.803. The van der Waals surface area contributed by atoms with Crippen molar-refractivity contribution in [2.45, 2.75) is 297 Å². The lowest BCUT2D eigenvalue weighted by Crippen LogP contribution is -2.30. The Kier molecular flexibility index (Phi) is 54.9. The fourth-order valence-corrected chi connectivity index (χ4v) is 8.20. The Morgan fingerprint density at radius 1 is 0.333 bits per heavy atom. The van der Waals surface area contributed by atoms with Gasteiger partial charge in [0.05, 0.1) is 6.61 Å². The summed E-state index contributed by atoms with van der Waals surface area (Å²) in [6, 6.07) is 0. The van der Waals surface area contributed by atoms with E-state index in [0.29, 0.717) is 19.4 Å². The lowest BCUT2D eigenvalue weighted by Gasteiger charge is -2.18. The van der Waals surface area contributed by atoms with E-state index in [-0.39, 0.29) is 25.2 Å². The normalized spacial score (nSPS) is 12.6. The Hall–Kier alpha value is -2.40. The van der Waals surface area contributed by atoms with Gasteiger partial charge in [0.1, 0.15) is 6.61 Å². The van der Waals surface area contributed by atoms with Crippen LogP contribution in [0.2, 0.25) is 0 Å². The molecule has 66 heavy (non-hydrogen) atoms. The molecule has 0 aromatic carbocycles. The zero-order valence-electron chi connectivity index (χ0n) is 44.2. The molecule has 0 bridgehead atoms. The molecule has 0 N–H and O–H groups in total. The third-order valence-corrected chi connectivity index (χ3v) is 12.5. The third kappa shape index (κ3) is 54.2. The molecule has 0 fully saturated rings. The van der Waals surface area contributed by atoms with Crippen molar-refractivity contribution in [1.29, 1.82) is 0 Å². The maximum atomic E-state index is 12.9. The number of unbranched alkanes of at least 4 members (excludes halogenated alkanes) is 32. The van der Waals surface area contributed by atoms with Crippen LogP contribution in [0.5, 0.6) is 0 Å². The average Bonchev–Trinajstić information content (AvgIpc) is 3.32. The summed E-state index contributed by atoms with van der Waals surface area (Å²) in [4.78, 5) is 25.5. The topological polar surface area (TPSA) is 61.8 Å². The van der Waals surface area contributed by atoms with Crippen molar-refractivity contribution in [2.24, 2.45) is 0 Å². The zero-order chi connectivity index (χ0) is 47.7. The summed E-state index contributed by atoms with van der Waals surface area (Å²) in [5, 5.41) is 0. The van der Waals surface area contributed by atoms with E-state index < -0.39 is 6.10 Å². The molecule has 0 saturated carbocycles. The molecular weight excluding hydrogens is 813 g/mol. The number of allylic oxidation sites excluding steroid dienone is 10. The van der Waals surface area contributed by atoms with Gasteiger partial charge in [0.15, 0.2) is 6.10 Å². The smallest absolute Gasteiger partial charge is 0.306 e. The highest BCUT2D eigenvalue weighted by Gasteiger charge is 2.17. The molecule has 0 amide bonds. The minimum atomic E-state index is -0.545. The van der Waals surface area contributed by atoms with E-state index in [1.54, 1.807) is 0 Å². The van der Waals surface area contributed by atoms with Gasteiger partial charge in [-0.3, -0.25) is 9.59 Å². The highest BCUT2D eigenvalue weighted by molar-refractivity contribution is 5.70. The van der Waals surface area contributed by atoms with Gasteiger partial charge in [-0.2, -0.15) is 0 Å². The van der Waals surface area contributed by atoms with Gasteiger partial charge >= 0.3 is 11.9 Å². The van der Waals surface area contributed by atoms with Crippen LogP contribution in [0.1, 0.15) is 290 Å². The van der Waals surface area contributed by atoms with Crippen molar-refractivity contribution in [3.63, 3.8) is 0 Å². The monoisotopic (exact) mass is 923 g/mol. The van der Waals surface area contributed by atoms with Crippen molar-refractivity contribution >= 4 is 11.9 Å². The van der Waals surface area contributed by atoms with E-state index >= 15 is 0 Å². The molecule has 0 aliphatic heterocycles. The first kappa shape index (κ1) is 63.6. The van der Waals surface area contributed by atoms with Gasteiger partial charge in [0, 0.05) is 19.4 Å². The van der Waals surface area contributed by atoms with E-state index in [1.165, 1.54) is 180 Å². The number of hydrogen-bond donors (Lipinski definition) is 0.